The largest absolute Gasteiger partial charge is 0.358 e. The molecule has 3 N–H and O–H groups in total. The Bertz CT molecular complexity index is 446. The van der Waals surface area contributed by atoms with Crippen LogP contribution < -0.4 is 5.73 Å². The fourth-order valence-electron chi connectivity index (χ4n) is 1.77. The average Bonchev–Trinajstić information content (AvgIpc) is 2.44. The third-order valence-electron chi connectivity index (χ3n) is 2.37. The van der Waals surface area contributed by atoms with Gasteiger partial charge in [-0.3, -0.25) is 0 Å². The van der Waals surface area contributed by atoms with E-state index in [1.54, 1.807) is 0 Å². The molecule has 1 heterocycles. The van der Waals surface area contributed by atoms with Gasteiger partial charge >= 0.3 is 0 Å². The minimum atomic E-state index is 0. The summed E-state index contributed by atoms with van der Waals surface area (Å²) in [6, 6.07) is 8.83. The highest BCUT2D eigenvalue weighted by molar-refractivity contribution is 5.85. The minimum Gasteiger partial charge on any atom is -0.358 e. The summed E-state index contributed by atoms with van der Waals surface area (Å²) in [6.45, 7) is 4.13. The van der Waals surface area contributed by atoms with E-state index in [-0.39, 0.29) is 18.4 Å². The third kappa shape index (κ3) is 2.74. The molecular formula is C12H17ClN2. The number of hydrogen-bond donors (Lipinski definition) is 2. The Balaban J connectivity index is 0.00000112. The number of nitrogens with one attached hydrogen (secondary N) is 1. The predicted octanol–water partition coefficient (Wildman–Crippen LogP) is 2.79. The Kier molecular flexibility index (Phi) is 3.77. The van der Waals surface area contributed by atoms with Crippen LogP contribution in [0.15, 0.2) is 24.3 Å². The zero-order valence-corrected chi connectivity index (χ0v) is 9.90. The van der Waals surface area contributed by atoms with Gasteiger partial charge in [0.2, 0.25) is 0 Å². The van der Waals surface area contributed by atoms with Crippen molar-refractivity contribution in [3.8, 4) is 0 Å². The second-order valence-electron chi connectivity index (χ2n) is 4.07. The number of rotatable bonds is 2. The maximum Gasteiger partial charge on any atom is 0.0456 e. The molecule has 0 aliphatic heterocycles. The van der Waals surface area contributed by atoms with Gasteiger partial charge in [0.25, 0.3) is 0 Å². The Morgan fingerprint density at radius 2 is 2.07 bits per heavy atom. The molecule has 0 amide bonds. The van der Waals surface area contributed by atoms with E-state index in [0.717, 1.165) is 6.42 Å². The molecule has 0 bridgehead atoms. The van der Waals surface area contributed by atoms with Gasteiger partial charge in [-0.1, -0.05) is 11.6 Å². The van der Waals surface area contributed by atoms with Crippen LogP contribution in [0.5, 0.6) is 0 Å². The molecule has 0 saturated carbocycles. The van der Waals surface area contributed by atoms with Crippen molar-refractivity contribution in [2.24, 2.45) is 5.73 Å². The van der Waals surface area contributed by atoms with Crippen LogP contribution in [0.4, 0.5) is 0 Å². The smallest absolute Gasteiger partial charge is 0.0456 e. The van der Waals surface area contributed by atoms with Crippen molar-refractivity contribution >= 4 is 23.3 Å². The SMILES string of the molecule is Cc1ccc2[nH]c(CC(C)N)cc2c1.Cl. The highest BCUT2D eigenvalue weighted by Crippen LogP contribution is 2.17. The molecule has 3 heteroatoms. The van der Waals surface area contributed by atoms with Crippen LogP contribution in [-0.4, -0.2) is 11.0 Å². The van der Waals surface area contributed by atoms with Gasteiger partial charge in [0.15, 0.2) is 0 Å². The molecule has 0 aliphatic carbocycles. The highest BCUT2D eigenvalue weighted by atomic mass is 35.5. The molecule has 0 radical (unpaired) electrons. The fourth-order valence-corrected chi connectivity index (χ4v) is 1.77. The number of hydrogen-bond acceptors (Lipinski definition) is 1. The summed E-state index contributed by atoms with van der Waals surface area (Å²) in [5.74, 6) is 0. The number of fused-ring (bicyclic) bond motifs is 1. The van der Waals surface area contributed by atoms with Crippen LogP contribution >= 0.6 is 12.4 Å². The van der Waals surface area contributed by atoms with Crippen LogP contribution in [0.2, 0.25) is 0 Å². The van der Waals surface area contributed by atoms with Gasteiger partial charge in [-0.05, 0) is 37.4 Å². The van der Waals surface area contributed by atoms with Crippen molar-refractivity contribution < 1.29 is 0 Å². The maximum absolute atomic E-state index is 5.76. The monoisotopic (exact) mass is 224 g/mol. The summed E-state index contributed by atoms with van der Waals surface area (Å²) in [4.78, 5) is 3.37. The van der Waals surface area contributed by atoms with Crippen molar-refractivity contribution in [3.63, 3.8) is 0 Å². The quantitative estimate of drug-likeness (QED) is 0.810. The van der Waals surface area contributed by atoms with E-state index >= 15 is 0 Å². The van der Waals surface area contributed by atoms with E-state index in [0.29, 0.717) is 0 Å². The van der Waals surface area contributed by atoms with Crippen LogP contribution in [0.25, 0.3) is 10.9 Å². The van der Waals surface area contributed by atoms with Crippen LogP contribution in [0.3, 0.4) is 0 Å². The minimum absolute atomic E-state index is 0. The lowest BCUT2D eigenvalue weighted by molar-refractivity contribution is 0.727. The van der Waals surface area contributed by atoms with Gasteiger partial charge in [-0.2, -0.15) is 0 Å². The van der Waals surface area contributed by atoms with Crippen molar-refractivity contribution in [2.75, 3.05) is 0 Å². The first-order valence-corrected chi connectivity index (χ1v) is 4.99. The molecule has 0 aliphatic rings. The van der Waals surface area contributed by atoms with E-state index in [1.165, 1.54) is 22.2 Å². The van der Waals surface area contributed by atoms with E-state index in [1.807, 2.05) is 6.92 Å². The second kappa shape index (κ2) is 4.69. The molecule has 0 fully saturated rings. The highest BCUT2D eigenvalue weighted by Gasteiger charge is 2.02. The lowest BCUT2D eigenvalue weighted by atomic mass is 10.1. The molecule has 1 aromatic heterocycles. The number of H-pyrrole nitrogens is 1. The molecule has 2 rings (SSSR count). The van der Waals surface area contributed by atoms with E-state index in [4.69, 9.17) is 5.73 Å². The molecule has 1 aromatic carbocycles. The molecule has 1 atom stereocenters. The predicted molar refractivity (Wildman–Crippen MR) is 67.6 cm³/mol. The molecule has 0 spiro atoms. The van der Waals surface area contributed by atoms with Crippen molar-refractivity contribution in [1.29, 1.82) is 0 Å². The number of aryl methyl sites for hydroxylation is 1. The van der Waals surface area contributed by atoms with Crippen LogP contribution in [0, 0.1) is 6.92 Å². The number of nitrogens with two attached hydrogens (primary N) is 1. The van der Waals surface area contributed by atoms with Crippen LogP contribution in [-0.2, 0) is 6.42 Å². The Hall–Kier alpha value is -0.990. The van der Waals surface area contributed by atoms with E-state index < -0.39 is 0 Å². The van der Waals surface area contributed by atoms with E-state index in [9.17, 15) is 0 Å². The normalized spacial score (nSPS) is 12.5. The maximum atomic E-state index is 5.76. The van der Waals surface area contributed by atoms with Gasteiger partial charge in [0.1, 0.15) is 0 Å². The first-order valence-electron chi connectivity index (χ1n) is 4.99. The number of aromatic nitrogens is 1. The lowest BCUT2D eigenvalue weighted by Gasteiger charge is -2.00. The molecule has 2 aromatic rings. The van der Waals surface area contributed by atoms with E-state index in [2.05, 4.69) is 36.2 Å². The number of benzene rings is 1. The summed E-state index contributed by atoms with van der Waals surface area (Å²) in [7, 11) is 0. The molecule has 15 heavy (non-hydrogen) atoms. The first-order chi connectivity index (χ1) is 6.65. The van der Waals surface area contributed by atoms with Gasteiger partial charge < -0.3 is 10.7 Å². The Labute approximate surface area is 96.3 Å². The van der Waals surface area contributed by atoms with Gasteiger partial charge in [0, 0.05) is 23.7 Å². The Morgan fingerprint density at radius 1 is 1.33 bits per heavy atom. The molecule has 0 saturated heterocycles. The fraction of sp³-hybridized carbons (Fsp3) is 0.333. The lowest BCUT2D eigenvalue weighted by Crippen LogP contribution is -2.17. The summed E-state index contributed by atoms with van der Waals surface area (Å²) in [5.41, 5.74) is 9.47. The second-order valence-corrected chi connectivity index (χ2v) is 4.07. The molecule has 82 valence electrons. The summed E-state index contributed by atoms with van der Waals surface area (Å²) in [6.07, 6.45) is 0.910. The molecule has 1 unspecified atom stereocenters. The first kappa shape index (κ1) is 12.1. The molecular weight excluding hydrogens is 208 g/mol. The number of halogens is 1. The van der Waals surface area contributed by atoms with Crippen molar-refractivity contribution in [3.05, 3.63) is 35.5 Å². The molecule has 2 nitrogen and oxygen atoms in total. The van der Waals surface area contributed by atoms with Crippen molar-refractivity contribution in [2.45, 2.75) is 26.3 Å². The zero-order valence-electron chi connectivity index (χ0n) is 9.08. The van der Waals surface area contributed by atoms with Crippen LogP contribution in [0.1, 0.15) is 18.2 Å². The zero-order chi connectivity index (χ0) is 10.1. The average molecular weight is 225 g/mol. The summed E-state index contributed by atoms with van der Waals surface area (Å²) in [5, 5.41) is 1.28. The van der Waals surface area contributed by atoms with Gasteiger partial charge in [-0.15, -0.1) is 12.4 Å². The Morgan fingerprint density at radius 3 is 2.73 bits per heavy atom. The summed E-state index contributed by atoms with van der Waals surface area (Å²) < 4.78 is 0. The van der Waals surface area contributed by atoms with Crippen molar-refractivity contribution in [1.82, 2.24) is 4.98 Å². The third-order valence-corrected chi connectivity index (χ3v) is 2.37. The summed E-state index contributed by atoms with van der Waals surface area (Å²) >= 11 is 0. The van der Waals surface area contributed by atoms with Gasteiger partial charge in [-0.25, -0.2) is 0 Å². The topological polar surface area (TPSA) is 41.8 Å². The number of aromatic amines is 1. The standard InChI is InChI=1S/C12H16N2.ClH/c1-8-3-4-12-10(5-8)7-11(14-12)6-9(2)13;/h3-5,7,9,14H,6,13H2,1-2H3;1H. The van der Waals surface area contributed by atoms with Gasteiger partial charge in [0.05, 0.1) is 0 Å².